The number of carbonyl (C=O) groups excluding carboxylic acids is 1. The fourth-order valence-corrected chi connectivity index (χ4v) is 1.50. The summed E-state index contributed by atoms with van der Waals surface area (Å²) >= 11 is 5.51. The average Bonchev–Trinajstić information content (AvgIpc) is 2.41. The minimum absolute atomic E-state index is 0.0819. The molecule has 0 radical (unpaired) electrons. The van der Waals surface area contributed by atoms with E-state index in [1.807, 2.05) is 0 Å². The first-order valence-corrected chi connectivity index (χ1v) is 5.60. The fourth-order valence-electron chi connectivity index (χ4n) is 1.40. The standard InChI is InChI=1S/C11H6ClFN4O3/c12-9-5-4-7(15-16-9)11(18)14-10-6(13)2-1-3-8(10)17(19)20/h1-5H,(H,14,18). The minimum atomic E-state index is -0.922. The quantitative estimate of drug-likeness (QED) is 0.693. The van der Waals surface area contributed by atoms with Gasteiger partial charge in [0.25, 0.3) is 11.6 Å². The molecule has 0 aliphatic heterocycles. The molecule has 0 spiro atoms. The lowest BCUT2D eigenvalue weighted by atomic mass is 10.2. The number of nitrogens with one attached hydrogen (secondary N) is 1. The van der Waals surface area contributed by atoms with Crippen molar-refractivity contribution in [2.24, 2.45) is 0 Å². The number of hydrogen-bond donors (Lipinski definition) is 1. The lowest BCUT2D eigenvalue weighted by Crippen LogP contribution is -2.16. The molecular formula is C11H6ClFN4O3. The van der Waals surface area contributed by atoms with Crippen molar-refractivity contribution in [3.8, 4) is 0 Å². The Balaban J connectivity index is 2.32. The molecule has 1 aromatic heterocycles. The molecule has 102 valence electrons. The minimum Gasteiger partial charge on any atom is -0.312 e. The highest BCUT2D eigenvalue weighted by Gasteiger charge is 2.21. The van der Waals surface area contributed by atoms with Crippen LogP contribution < -0.4 is 5.32 Å². The van der Waals surface area contributed by atoms with Crippen molar-refractivity contribution in [1.82, 2.24) is 10.2 Å². The maximum absolute atomic E-state index is 13.6. The maximum Gasteiger partial charge on any atom is 0.295 e. The number of benzene rings is 1. The van der Waals surface area contributed by atoms with Crippen LogP contribution in [0.4, 0.5) is 15.8 Å². The Hall–Kier alpha value is -2.61. The summed E-state index contributed by atoms with van der Waals surface area (Å²) < 4.78 is 13.6. The van der Waals surface area contributed by atoms with Crippen LogP contribution in [-0.2, 0) is 0 Å². The maximum atomic E-state index is 13.6. The summed E-state index contributed by atoms with van der Waals surface area (Å²) in [5.41, 5.74) is -1.23. The van der Waals surface area contributed by atoms with Gasteiger partial charge in [0, 0.05) is 6.07 Å². The third-order valence-corrected chi connectivity index (χ3v) is 2.49. The second-order valence-electron chi connectivity index (χ2n) is 3.59. The van der Waals surface area contributed by atoms with Crippen molar-refractivity contribution < 1.29 is 14.1 Å². The number of anilines is 1. The summed E-state index contributed by atoms with van der Waals surface area (Å²) in [4.78, 5) is 21.8. The Morgan fingerprint density at radius 2 is 2.05 bits per heavy atom. The third-order valence-electron chi connectivity index (χ3n) is 2.29. The number of amides is 1. The molecule has 2 rings (SSSR count). The molecular weight excluding hydrogens is 291 g/mol. The van der Waals surface area contributed by atoms with Crippen LogP contribution in [0.2, 0.25) is 5.15 Å². The van der Waals surface area contributed by atoms with Crippen LogP contribution in [0.5, 0.6) is 0 Å². The SMILES string of the molecule is O=C(Nc1c(F)cccc1[N+](=O)[O-])c1ccc(Cl)nn1. The van der Waals surface area contributed by atoms with Gasteiger partial charge in [-0.15, -0.1) is 10.2 Å². The van der Waals surface area contributed by atoms with Gasteiger partial charge >= 0.3 is 0 Å². The second-order valence-corrected chi connectivity index (χ2v) is 3.97. The molecule has 0 saturated carbocycles. The van der Waals surface area contributed by atoms with Crippen molar-refractivity contribution >= 4 is 28.9 Å². The summed E-state index contributed by atoms with van der Waals surface area (Å²) in [6, 6.07) is 5.82. The monoisotopic (exact) mass is 296 g/mol. The van der Waals surface area contributed by atoms with Gasteiger partial charge in [-0.3, -0.25) is 14.9 Å². The number of carbonyl (C=O) groups is 1. The van der Waals surface area contributed by atoms with Gasteiger partial charge in [-0.25, -0.2) is 4.39 Å². The van der Waals surface area contributed by atoms with Gasteiger partial charge in [-0.05, 0) is 18.2 Å². The Labute approximate surface area is 116 Å². The number of para-hydroxylation sites is 1. The molecule has 1 aromatic carbocycles. The number of rotatable bonds is 3. The van der Waals surface area contributed by atoms with Crippen molar-refractivity contribution in [2.45, 2.75) is 0 Å². The van der Waals surface area contributed by atoms with Gasteiger partial charge in [0.15, 0.2) is 22.4 Å². The number of hydrogen-bond acceptors (Lipinski definition) is 5. The molecule has 0 atom stereocenters. The van der Waals surface area contributed by atoms with Gasteiger partial charge in [0.2, 0.25) is 0 Å². The summed E-state index contributed by atoms with van der Waals surface area (Å²) in [6.07, 6.45) is 0. The van der Waals surface area contributed by atoms with Crippen molar-refractivity contribution in [1.29, 1.82) is 0 Å². The van der Waals surface area contributed by atoms with Gasteiger partial charge in [-0.2, -0.15) is 0 Å². The zero-order valence-corrected chi connectivity index (χ0v) is 10.5. The molecule has 0 bridgehead atoms. The van der Waals surface area contributed by atoms with Gasteiger partial charge < -0.3 is 5.32 Å². The molecule has 9 heteroatoms. The van der Waals surface area contributed by atoms with Crippen LogP contribution >= 0.6 is 11.6 Å². The highest BCUT2D eigenvalue weighted by molar-refractivity contribution is 6.29. The first kappa shape index (κ1) is 13.8. The molecule has 0 aliphatic carbocycles. The smallest absolute Gasteiger partial charge is 0.295 e. The zero-order chi connectivity index (χ0) is 14.7. The van der Waals surface area contributed by atoms with E-state index >= 15 is 0 Å². The zero-order valence-electron chi connectivity index (χ0n) is 9.71. The van der Waals surface area contributed by atoms with E-state index < -0.39 is 28.0 Å². The topological polar surface area (TPSA) is 98.0 Å². The van der Waals surface area contributed by atoms with Gasteiger partial charge in [0.1, 0.15) is 0 Å². The van der Waals surface area contributed by atoms with Crippen LogP contribution in [0.25, 0.3) is 0 Å². The number of halogens is 2. The summed E-state index contributed by atoms with van der Waals surface area (Å²) in [5, 5.41) is 19.9. The molecule has 0 saturated heterocycles. The van der Waals surface area contributed by atoms with E-state index in [1.54, 1.807) is 0 Å². The fraction of sp³-hybridized carbons (Fsp3) is 0. The number of nitrogens with zero attached hydrogens (tertiary/aromatic N) is 3. The van der Waals surface area contributed by atoms with Crippen LogP contribution in [0.15, 0.2) is 30.3 Å². The molecule has 2 aromatic rings. The summed E-state index contributed by atoms with van der Waals surface area (Å²) in [5.74, 6) is -1.75. The second kappa shape index (κ2) is 5.57. The number of nitro groups is 1. The van der Waals surface area contributed by atoms with E-state index in [4.69, 9.17) is 11.6 Å². The number of aromatic nitrogens is 2. The van der Waals surface area contributed by atoms with E-state index in [-0.39, 0.29) is 10.8 Å². The van der Waals surface area contributed by atoms with E-state index in [0.29, 0.717) is 0 Å². The molecule has 0 aliphatic rings. The third kappa shape index (κ3) is 2.86. The Morgan fingerprint density at radius 1 is 1.30 bits per heavy atom. The normalized spacial score (nSPS) is 10.1. The van der Waals surface area contributed by atoms with E-state index in [2.05, 4.69) is 15.5 Å². The van der Waals surface area contributed by atoms with E-state index in [0.717, 1.165) is 12.1 Å². The molecule has 1 amide bonds. The lowest BCUT2D eigenvalue weighted by molar-refractivity contribution is -0.384. The van der Waals surface area contributed by atoms with E-state index in [1.165, 1.54) is 18.2 Å². The molecule has 7 nitrogen and oxygen atoms in total. The first-order chi connectivity index (χ1) is 9.49. The molecule has 1 N–H and O–H groups in total. The Bertz CT molecular complexity index is 678. The Kier molecular flexibility index (Phi) is 3.85. The van der Waals surface area contributed by atoms with Crippen LogP contribution in [0, 0.1) is 15.9 Å². The van der Waals surface area contributed by atoms with Crippen LogP contribution in [-0.4, -0.2) is 21.0 Å². The highest BCUT2D eigenvalue weighted by Crippen LogP contribution is 2.27. The number of nitro benzene ring substituents is 1. The predicted molar refractivity (Wildman–Crippen MR) is 68.0 cm³/mol. The molecule has 0 fully saturated rings. The molecule has 1 heterocycles. The van der Waals surface area contributed by atoms with Crippen molar-refractivity contribution in [2.75, 3.05) is 5.32 Å². The van der Waals surface area contributed by atoms with Crippen molar-refractivity contribution in [3.05, 3.63) is 57.1 Å². The lowest BCUT2D eigenvalue weighted by Gasteiger charge is -2.06. The van der Waals surface area contributed by atoms with E-state index in [9.17, 15) is 19.3 Å². The first-order valence-electron chi connectivity index (χ1n) is 5.22. The van der Waals surface area contributed by atoms with Gasteiger partial charge in [0.05, 0.1) is 4.92 Å². The molecule has 0 unspecified atom stereocenters. The summed E-state index contributed by atoms with van der Waals surface area (Å²) in [6.45, 7) is 0. The largest absolute Gasteiger partial charge is 0.312 e. The van der Waals surface area contributed by atoms with Crippen molar-refractivity contribution in [3.63, 3.8) is 0 Å². The van der Waals surface area contributed by atoms with Crippen LogP contribution in [0.1, 0.15) is 10.5 Å². The van der Waals surface area contributed by atoms with Gasteiger partial charge in [-0.1, -0.05) is 17.7 Å². The average molecular weight is 297 g/mol. The Morgan fingerprint density at radius 3 is 2.65 bits per heavy atom. The summed E-state index contributed by atoms with van der Waals surface area (Å²) in [7, 11) is 0. The highest BCUT2D eigenvalue weighted by atomic mass is 35.5. The predicted octanol–water partition coefficient (Wildman–Crippen LogP) is 2.43. The molecule has 20 heavy (non-hydrogen) atoms. The van der Waals surface area contributed by atoms with Crippen LogP contribution in [0.3, 0.4) is 0 Å².